The van der Waals surface area contributed by atoms with Gasteiger partial charge in [0.15, 0.2) is 0 Å². The Kier molecular flexibility index (Phi) is 4.14. The highest BCUT2D eigenvalue weighted by molar-refractivity contribution is 6.03. The van der Waals surface area contributed by atoms with Crippen molar-refractivity contribution in [3.63, 3.8) is 0 Å². The molecule has 1 amide bonds. The molecule has 1 heterocycles. The van der Waals surface area contributed by atoms with Crippen molar-refractivity contribution in [2.45, 2.75) is 0 Å². The van der Waals surface area contributed by atoms with E-state index in [0.29, 0.717) is 11.6 Å². The van der Waals surface area contributed by atoms with Crippen molar-refractivity contribution in [2.24, 2.45) is 0 Å². The summed E-state index contributed by atoms with van der Waals surface area (Å²) in [7, 11) is 3.17. The molecule has 0 fully saturated rings. The molecule has 0 aliphatic carbocycles. The second-order valence-corrected chi connectivity index (χ2v) is 3.96. The first-order valence-electron chi connectivity index (χ1n) is 5.93. The minimum absolute atomic E-state index is 0.0472. The fraction of sp³-hybridized carbons (Fsp3) is 0.143. The van der Waals surface area contributed by atoms with E-state index in [-0.39, 0.29) is 11.4 Å². The normalized spacial score (nSPS) is 9.95. The molecule has 6 heteroatoms. The van der Waals surface area contributed by atoms with Crippen LogP contribution in [0.1, 0.15) is 10.5 Å². The van der Waals surface area contributed by atoms with Gasteiger partial charge in [-0.05, 0) is 24.3 Å². The van der Waals surface area contributed by atoms with Gasteiger partial charge in [0.25, 0.3) is 5.91 Å². The van der Waals surface area contributed by atoms with Crippen molar-refractivity contribution in [1.29, 1.82) is 0 Å². The van der Waals surface area contributed by atoms with E-state index in [1.807, 2.05) is 0 Å². The van der Waals surface area contributed by atoms with Gasteiger partial charge in [-0.3, -0.25) is 4.79 Å². The number of hydrogen-bond donors (Lipinski definition) is 2. The molecule has 0 saturated carbocycles. The zero-order chi connectivity index (χ0) is 14.5. The van der Waals surface area contributed by atoms with Gasteiger partial charge in [0.05, 0.1) is 12.8 Å². The van der Waals surface area contributed by atoms with Crippen molar-refractivity contribution in [1.82, 2.24) is 4.98 Å². The average Bonchev–Trinajstić information content (AvgIpc) is 2.49. The molecule has 0 aliphatic rings. The van der Waals surface area contributed by atoms with Crippen LogP contribution in [0.15, 0.2) is 36.4 Å². The number of hydrogen-bond acceptors (Lipinski definition) is 4. The second-order valence-electron chi connectivity index (χ2n) is 3.96. The van der Waals surface area contributed by atoms with Crippen LogP contribution in [0.3, 0.4) is 0 Å². The number of carbonyl (C=O) groups is 1. The quantitative estimate of drug-likeness (QED) is 0.900. The predicted octanol–water partition coefficient (Wildman–Crippen LogP) is 2.52. The van der Waals surface area contributed by atoms with Crippen LogP contribution in [0.2, 0.25) is 0 Å². The number of methoxy groups -OCH3 is 1. The highest BCUT2D eigenvalue weighted by Gasteiger charge is 2.11. The lowest BCUT2D eigenvalue weighted by Crippen LogP contribution is -2.15. The zero-order valence-electron chi connectivity index (χ0n) is 11.1. The van der Waals surface area contributed by atoms with E-state index in [4.69, 9.17) is 4.74 Å². The predicted molar refractivity (Wildman–Crippen MR) is 74.7 cm³/mol. The zero-order valence-corrected chi connectivity index (χ0v) is 11.1. The van der Waals surface area contributed by atoms with Crippen LogP contribution in [0, 0.1) is 5.82 Å². The highest BCUT2D eigenvalue weighted by atomic mass is 19.1. The van der Waals surface area contributed by atoms with E-state index >= 15 is 0 Å². The lowest BCUT2D eigenvalue weighted by molar-refractivity contribution is 0.102. The summed E-state index contributed by atoms with van der Waals surface area (Å²) < 4.78 is 18.6. The van der Waals surface area contributed by atoms with E-state index in [9.17, 15) is 9.18 Å². The third-order valence-corrected chi connectivity index (χ3v) is 2.66. The van der Waals surface area contributed by atoms with Gasteiger partial charge < -0.3 is 15.4 Å². The summed E-state index contributed by atoms with van der Waals surface area (Å²) in [6, 6.07) is 9.08. The van der Waals surface area contributed by atoms with Crippen LogP contribution in [0.4, 0.5) is 15.9 Å². The molecule has 0 radical (unpaired) electrons. The molecule has 20 heavy (non-hydrogen) atoms. The first-order valence-corrected chi connectivity index (χ1v) is 5.93. The van der Waals surface area contributed by atoms with E-state index in [1.54, 1.807) is 25.2 Å². The minimum Gasteiger partial charge on any atom is -0.497 e. The molecule has 5 nitrogen and oxygen atoms in total. The Labute approximate surface area is 115 Å². The number of nitrogens with zero attached hydrogens (tertiary/aromatic N) is 1. The second kappa shape index (κ2) is 6.01. The van der Waals surface area contributed by atoms with Crippen LogP contribution in [0.25, 0.3) is 0 Å². The number of rotatable bonds is 4. The van der Waals surface area contributed by atoms with Gasteiger partial charge in [0, 0.05) is 13.1 Å². The summed E-state index contributed by atoms with van der Waals surface area (Å²) >= 11 is 0. The summed E-state index contributed by atoms with van der Waals surface area (Å²) in [5, 5.41) is 5.30. The van der Waals surface area contributed by atoms with Crippen molar-refractivity contribution in [2.75, 3.05) is 24.8 Å². The maximum atomic E-state index is 13.6. The van der Waals surface area contributed by atoms with Gasteiger partial charge in [-0.15, -0.1) is 0 Å². The fourth-order valence-corrected chi connectivity index (χ4v) is 1.61. The third-order valence-electron chi connectivity index (χ3n) is 2.66. The summed E-state index contributed by atoms with van der Waals surface area (Å²) in [5.74, 6) is -0.0134. The number of anilines is 2. The van der Waals surface area contributed by atoms with E-state index in [1.165, 1.54) is 25.3 Å². The smallest absolute Gasteiger partial charge is 0.274 e. The highest BCUT2D eigenvalue weighted by Crippen LogP contribution is 2.21. The molecule has 2 rings (SSSR count). The molecule has 2 N–H and O–H groups in total. The van der Waals surface area contributed by atoms with Crippen LogP contribution < -0.4 is 15.4 Å². The Morgan fingerprint density at radius 1 is 1.30 bits per heavy atom. The summed E-state index contributed by atoms with van der Waals surface area (Å²) in [4.78, 5) is 16.1. The topological polar surface area (TPSA) is 63.2 Å². The molecular weight excluding hydrogens is 261 g/mol. The number of amides is 1. The number of ether oxygens (including phenoxy) is 1. The maximum Gasteiger partial charge on any atom is 0.274 e. The molecular formula is C14H14FN3O2. The van der Waals surface area contributed by atoms with Crippen LogP contribution >= 0.6 is 0 Å². The van der Waals surface area contributed by atoms with Gasteiger partial charge in [-0.25, -0.2) is 9.37 Å². The first kappa shape index (κ1) is 13.8. The van der Waals surface area contributed by atoms with Gasteiger partial charge >= 0.3 is 0 Å². The summed E-state index contributed by atoms with van der Waals surface area (Å²) in [6.07, 6.45) is 0. The van der Waals surface area contributed by atoms with Gasteiger partial charge in [-0.1, -0.05) is 6.07 Å². The Balaban J connectivity index is 2.22. The largest absolute Gasteiger partial charge is 0.497 e. The van der Waals surface area contributed by atoms with Gasteiger partial charge in [0.1, 0.15) is 23.1 Å². The molecule has 2 aromatic rings. The Hall–Kier alpha value is -2.63. The number of aromatic nitrogens is 1. The van der Waals surface area contributed by atoms with Crippen molar-refractivity contribution < 1.29 is 13.9 Å². The van der Waals surface area contributed by atoms with Crippen molar-refractivity contribution in [3.05, 3.63) is 47.9 Å². The molecule has 1 aromatic heterocycles. The molecule has 1 aromatic carbocycles. The molecule has 0 spiro atoms. The minimum atomic E-state index is -0.538. The number of pyridine rings is 1. The molecule has 0 unspecified atom stereocenters. The van der Waals surface area contributed by atoms with Gasteiger partial charge in [0.2, 0.25) is 0 Å². The molecule has 104 valence electrons. The number of carbonyl (C=O) groups excluding carboxylic acids is 1. The Morgan fingerprint density at radius 2 is 2.10 bits per heavy atom. The first-order chi connectivity index (χ1) is 9.63. The molecule has 0 aliphatic heterocycles. The van der Waals surface area contributed by atoms with Crippen LogP contribution in [0.5, 0.6) is 5.75 Å². The van der Waals surface area contributed by atoms with Crippen molar-refractivity contribution >= 4 is 17.4 Å². The molecule has 0 saturated heterocycles. The summed E-state index contributed by atoms with van der Waals surface area (Å²) in [6.45, 7) is 0. The Bertz CT molecular complexity index is 632. The monoisotopic (exact) mass is 275 g/mol. The Morgan fingerprint density at radius 3 is 2.80 bits per heavy atom. The average molecular weight is 275 g/mol. The maximum absolute atomic E-state index is 13.6. The SMILES string of the molecule is CNc1cccc(C(=O)Nc2cc(OC)ccc2F)n1. The number of benzene rings is 1. The van der Waals surface area contributed by atoms with Gasteiger partial charge in [-0.2, -0.15) is 0 Å². The number of nitrogens with one attached hydrogen (secondary N) is 2. The lowest BCUT2D eigenvalue weighted by Gasteiger charge is -2.08. The molecule has 0 bridgehead atoms. The summed E-state index contributed by atoms with van der Waals surface area (Å²) in [5.41, 5.74) is 0.241. The van der Waals surface area contributed by atoms with Crippen LogP contribution in [-0.4, -0.2) is 25.0 Å². The standard InChI is InChI=1S/C14H14FN3O2/c1-16-13-5-3-4-11(17-13)14(19)18-12-8-9(20-2)6-7-10(12)15/h3-8H,1-2H3,(H,16,17)(H,18,19). The van der Waals surface area contributed by atoms with Crippen molar-refractivity contribution in [3.8, 4) is 5.75 Å². The van der Waals surface area contributed by atoms with Crippen LogP contribution in [-0.2, 0) is 0 Å². The lowest BCUT2D eigenvalue weighted by atomic mass is 10.2. The van der Waals surface area contributed by atoms with E-state index in [2.05, 4.69) is 15.6 Å². The molecule has 0 atom stereocenters. The third kappa shape index (κ3) is 3.03. The fourth-order valence-electron chi connectivity index (χ4n) is 1.61. The number of halogens is 1. The van der Waals surface area contributed by atoms with E-state index < -0.39 is 11.7 Å². The van der Waals surface area contributed by atoms with E-state index in [0.717, 1.165) is 0 Å².